The summed E-state index contributed by atoms with van der Waals surface area (Å²) in [4.78, 5) is 9.38. The molecular formula is C17H27N3OS. The van der Waals surface area contributed by atoms with Gasteiger partial charge >= 0.3 is 0 Å². The van der Waals surface area contributed by atoms with E-state index in [1.54, 1.807) is 0 Å². The molecule has 1 aliphatic heterocycles. The average molecular weight is 321 g/mol. The second-order valence-corrected chi connectivity index (χ2v) is 7.19. The van der Waals surface area contributed by atoms with Gasteiger partial charge in [-0.25, -0.2) is 0 Å². The number of ether oxygens (including phenoxy) is 1. The summed E-state index contributed by atoms with van der Waals surface area (Å²) in [6, 6.07) is 4.33. The number of likely N-dealkylation sites (N-methyl/N-ethyl adjacent to an activating group) is 1. The van der Waals surface area contributed by atoms with Gasteiger partial charge in [-0.1, -0.05) is 6.92 Å². The van der Waals surface area contributed by atoms with E-state index in [1.807, 2.05) is 6.20 Å². The number of aromatic nitrogens is 1. The van der Waals surface area contributed by atoms with Crippen molar-refractivity contribution < 1.29 is 4.74 Å². The standard InChI is InChI=1S/C17H27N3OS/c1-13(12-22)15-5-4-14(10-18-15)20-8-9-21-16(11-20)17(6-7-17)19(2)3/h4-5,10,13,16,22H,6-9,11-12H2,1-3H3. The monoisotopic (exact) mass is 321 g/mol. The van der Waals surface area contributed by atoms with Crippen LogP contribution in [0, 0.1) is 0 Å². The van der Waals surface area contributed by atoms with Crippen LogP contribution in [0.15, 0.2) is 18.3 Å². The molecule has 2 unspecified atom stereocenters. The molecule has 1 aromatic heterocycles. The smallest absolute Gasteiger partial charge is 0.0933 e. The second kappa shape index (κ2) is 6.38. The minimum absolute atomic E-state index is 0.257. The molecule has 1 saturated carbocycles. The Balaban J connectivity index is 1.70. The highest BCUT2D eigenvalue weighted by molar-refractivity contribution is 7.80. The second-order valence-electron chi connectivity index (χ2n) is 6.83. The number of nitrogens with zero attached hydrogens (tertiary/aromatic N) is 3. The van der Waals surface area contributed by atoms with Crippen LogP contribution in [0.3, 0.4) is 0 Å². The maximum atomic E-state index is 6.08. The lowest BCUT2D eigenvalue weighted by molar-refractivity contribution is -0.0215. The zero-order valence-corrected chi connectivity index (χ0v) is 14.7. The molecule has 0 N–H and O–H groups in total. The van der Waals surface area contributed by atoms with Crippen molar-refractivity contribution >= 4 is 18.3 Å². The van der Waals surface area contributed by atoms with E-state index in [0.29, 0.717) is 12.0 Å². The van der Waals surface area contributed by atoms with Gasteiger partial charge in [0.2, 0.25) is 0 Å². The molecule has 0 spiro atoms. The number of morpholine rings is 1. The van der Waals surface area contributed by atoms with Gasteiger partial charge < -0.3 is 14.5 Å². The van der Waals surface area contributed by atoms with E-state index in [0.717, 1.165) is 31.1 Å². The average Bonchev–Trinajstić information content (AvgIpc) is 3.36. The van der Waals surface area contributed by atoms with Crippen molar-refractivity contribution in [2.24, 2.45) is 0 Å². The molecule has 1 saturated heterocycles. The first kappa shape index (κ1) is 16.1. The zero-order valence-electron chi connectivity index (χ0n) is 13.8. The Bertz CT molecular complexity index is 501. The molecule has 4 nitrogen and oxygen atoms in total. The van der Waals surface area contributed by atoms with Gasteiger partial charge in [0.05, 0.1) is 24.6 Å². The summed E-state index contributed by atoms with van der Waals surface area (Å²) < 4.78 is 6.08. The van der Waals surface area contributed by atoms with Crippen molar-refractivity contribution in [1.82, 2.24) is 9.88 Å². The molecule has 22 heavy (non-hydrogen) atoms. The van der Waals surface area contributed by atoms with Gasteiger partial charge in [0.15, 0.2) is 0 Å². The third kappa shape index (κ3) is 2.99. The van der Waals surface area contributed by atoms with Crippen LogP contribution in [0.1, 0.15) is 31.4 Å². The molecule has 0 bridgehead atoms. The Morgan fingerprint density at radius 3 is 2.77 bits per heavy atom. The van der Waals surface area contributed by atoms with Gasteiger partial charge in [-0.05, 0) is 44.8 Å². The van der Waals surface area contributed by atoms with Crippen molar-refractivity contribution in [2.75, 3.05) is 44.4 Å². The van der Waals surface area contributed by atoms with Crippen molar-refractivity contribution in [3.63, 3.8) is 0 Å². The number of hydrogen-bond donors (Lipinski definition) is 1. The molecule has 2 heterocycles. The number of thiol groups is 1. The molecule has 1 aromatic rings. The van der Waals surface area contributed by atoms with Crippen LogP contribution in [0.2, 0.25) is 0 Å². The van der Waals surface area contributed by atoms with Gasteiger partial charge in [-0.2, -0.15) is 12.6 Å². The summed E-state index contributed by atoms with van der Waals surface area (Å²) in [6.45, 7) is 4.87. The molecule has 2 aliphatic rings. The van der Waals surface area contributed by atoms with E-state index in [9.17, 15) is 0 Å². The molecule has 3 rings (SSSR count). The minimum Gasteiger partial charge on any atom is -0.373 e. The minimum atomic E-state index is 0.257. The van der Waals surface area contributed by atoms with Crippen molar-refractivity contribution in [3.05, 3.63) is 24.0 Å². The predicted octanol–water partition coefficient (Wildman–Crippen LogP) is 2.41. The third-order valence-corrected chi connectivity index (χ3v) is 5.78. The Hall–Kier alpha value is -0.780. The van der Waals surface area contributed by atoms with E-state index in [4.69, 9.17) is 4.74 Å². The number of hydrogen-bond acceptors (Lipinski definition) is 5. The molecular weight excluding hydrogens is 294 g/mol. The summed E-state index contributed by atoms with van der Waals surface area (Å²) in [5.41, 5.74) is 2.58. The van der Waals surface area contributed by atoms with Crippen LogP contribution in [-0.4, -0.2) is 61.1 Å². The van der Waals surface area contributed by atoms with Crippen LogP contribution in [-0.2, 0) is 4.74 Å². The summed E-state index contributed by atoms with van der Waals surface area (Å²) in [7, 11) is 4.34. The van der Waals surface area contributed by atoms with Crippen molar-refractivity contribution in [2.45, 2.75) is 37.3 Å². The fraction of sp³-hybridized carbons (Fsp3) is 0.706. The normalized spacial score (nSPS) is 25.3. The van der Waals surface area contributed by atoms with Crippen LogP contribution < -0.4 is 4.90 Å². The highest BCUT2D eigenvalue weighted by atomic mass is 32.1. The quantitative estimate of drug-likeness (QED) is 0.843. The zero-order chi connectivity index (χ0) is 15.7. The van der Waals surface area contributed by atoms with E-state index in [1.165, 1.54) is 18.5 Å². The SMILES string of the molecule is CC(CS)c1ccc(N2CCOC(C3(N(C)C)CC3)C2)cn1. The van der Waals surface area contributed by atoms with E-state index >= 15 is 0 Å². The fourth-order valence-electron chi connectivity index (χ4n) is 3.36. The largest absolute Gasteiger partial charge is 0.373 e. The Labute approximate surface area is 139 Å². The maximum absolute atomic E-state index is 6.08. The van der Waals surface area contributed by atoms with Gasteiger partial charge in [-0.3, -0.25) is 4.98 Å². The molecule has 5 heteroatoms. The first-order chi connectivity index (χ1) is 10.6. The Kier molecular flexibility index (Phi) is 4.67. The van der Waals surface area contributed by atoms with Gasteiger partial charge in [-0.15, -0.1) is 0 Å². The topological polar surface area (TPSA) is 28.6 Å². The molecule has 0 amide bonds. The van der Waals surface area contributed by atoms with Crippen LogP contribution in [0.5, 0.6) is 0 Å². The number of pyridine rings is 1. The van der Waals surface area contributed by atoms with Crippen LogP contribution >= 0.6 is 12.6 Å². The highest BCUT2D eigenvalue weighted by Gasteiger charge is 2.53. The Morgan fingerprint density at radius 2 is 2.23 bits per heavy atom. The Morgan fingerprint density at radius 1 is 1.45 bits per heavy atom. The van der Waals surface area contributed by atoms with E-state index in [-0.39, 0.29) is 5.54 Å². The van der Waals surface area contributed by atoms with Crippen LogP contribution in [0.4, 0.5) is 5.69 Å². The lowest BCUT2D eigenvalue weighted by Gasteiger charge is -2.40. The summed E-state index contributed by atoms with van der Waals surface area (Å²) in [5, 5.41) is 0. The molecule has 0 radical (unpaired) electrons. The van der Waals surface area contributed by atoms with Crippen LogP contribution in [0.25, 0.3) is 0 Å². The molecule has 1 aliphatic carbocycles. The molecule has 2 atom stereocenters. The van der Waals surface area contributed by atoms with E-state index in [2.05, 4.69) is 60.6 Å². The van der Waals surface area contributed by atoms with E-state index < -0.39 is 0 Å². The van der Waals surface area contributed by atoms with Gasteiger partial charge in [0.1, 0.15) is 0 Å². The summed E-state index contributed by atoms with van der Waals surface area (Å²) >= 11 is 4.35. The van der Waals surface area contributed by atoms with Crippen molar-refractivity contribution in [3.8, 4) is 0 Å². The maximum Gasteiger partial charge on any atom is 0.0933 e. The van der Waals surface area contributed by atoms with Gasteiger partial charge in [0.25, 0.3) is 0 Å². The lowest BCUT2D eigenvalue weighted by atomic mass is 10.1. The first-order valence-corrected chi connectivity index (χ1v) is 8.81. The highest BCUT2D eigenvalue weighted by Crippen LogP contribution is 2.45. The molecule has 2 fully saturated rings. The van der Waals surface area contributed by atoms with Crippen molar-refractivity contribution in [1.29, 1.82) is 0 Å². The predicted molar refractivity (Wildman–Crippen MR) is 94.1 cm³/mol. The summed E-state index contributed by atoms with van der Waals surface area (Å²) in [6.07, 6.45) is 4.80. The van der Waals surface area contributed by atoms with Gasteiger partial charge in [0, 0.05) is 30.2 Å². The lowest BCUT2D eigenvalue weighted by Crippen LogP contribution is -2.53. The fourth-order valence-corrected chi connectivity index (χ4v) is 3.55. The molecule has 122 valence electrons. The first-order valence-electron chi connectivity index (χ1n) is 8.17. The molecule has 0 aromatic carbocycles. The number of rotatable bonds is 5. The summed E-state index contributed by atoms with van der Waals surface area (Å²) in [5.74, 6) is 1.23. The number of anilines is 1. The third-order valence-electron chi connectivity index (χ3n) is 5.23.